The summed E-state index contributed by atoms with van der Waals surface area (Å²) in [7, 11) is 0. The van der Waals surface area contributed by atoms with Crippen molar-refractivity contribution >= 4 is 23.6 Å². The van der Waals surface area contributed by atoms with E-state index < -0.39 is 6.04 Å². The molecule has 6 heteroatoms. The van der Waals surface area contributed by atoms with Gasteiger partial charge >= 0.3 is 0 Å². The fourth-order valence-corrected chi connectivity index (χ4v) is 3.64. The van der Waals surface area contributed by atoms with Crippen molar-refractivity contribution in [3.05, 3.63) is 65.5 Å². The Morgan fingerprint density at radius 1 is 1.10 bits per heavy atom. The molecule has 0 aliphatic carbocycles. The summed E-state index contributed by atoms with van der Waals surface area (Å²) in [5.41, 5.74) is 1.99. The molecule has 0 bridgehead atoms. The van der Waals surface area contributed by atoms with Crippen molar-refractivity contribution < 1.29 is 14.0 Å². The highest BCUT2D eigenvalue weighted by molar-refractivity contribution is 7.99. The monoisotopic (exact) mass is 416 g/mol. The number of amides is 2. The van der Waals surface area contributed by atoms with E-state index in [1.807, 2.05) is 38.1 Å². The van der Waals surface area contributed by atoms with E-state index in [9.17, 15) is 14.0 Å². The van der Waals surface area contributed by atoms with Gasteiger partial charge in [0.25, 0.3) is 0 Å². The second-order valence-corrected chi connectivity index (χ2v) is 8.19. The molecule has 0 heterocycles. The molecule has 2 aromatic carbocycles. The molecule has 1 atom stereocenters. The number of carbonyl (C=O) groups is 2. The van der Waals surface area contributed by atoms with Gasteiger partial charge in [-0.25, -0.2) is 4.39 Å². The standard InChI is InChI=1S/C23H29FN2O2S/c1-4-14-25-23(28)18(3)26(16-19-7-9-20(24)10-8-19)22(27)13-15-29-21-11-5-17(2)6-12-21/h5-12,18H,4,13-16H2,1-3H3,(H,25,28). The molecule has 0 aromatic heterocycles. The average molecular weight is 417 g/mol. The third-order valence-corrected chi connectivity index (χ3v) is 5.60. The first-order valence-electron chi connectivity index (χ1n) is 9.91. The Morgan fingerprint density at radius 2 is 1.76 bits per heavy atom. The maximum Gasteiger partial charge on any atom is 0.242 e. The van der Waals surface area contributed by atoms with Crippen LogP contribution in [0.2, 0.25) is 0 Å². The number of aryl methyl sites for hydroxylation is 1. The van der Waals surface area contributed by atoms with E-state index in [4.69, 9.17) is 0 Å². The number of thioether (sulfide) groups is 1. The number of carbonyl (C=O) groups excluding carboxylic acids is 2. The average Bonchev–Trinajstić information content (AvgIpc) is 2.72. The maximum absolute atomic E-state index is 13.2. The molecule has 2 amide bonds. The van der Waals surface area contributed by atoms with Crippen molar-refractivity contribution in [1.29, 1.82) is 0 Å². The molecule has 0 aliphatic rings. The molecule has 2 aromatic rings. The van der Waals surface area contributed by atoms with E-state index in [1.54, 1.807) is 35.7 Å². The molecule has 29 heavy (non-hydrogen) atoms. The number of halogens is 1. The Balaban J connectivity index is 2.03. The van der Waals surface area contributed by atoms with Crippen LogP contribution in [-0.2, 0) is 16.1 Å². The fraction of sp³-hybridized carbons (Fsp3) is 0.391. The number of hydrogen-bond acceptors (Lipinski definition) is 3. The lowest BCUT2D eigenvalue weighted by Crippen LogP contribution is -2.47. The van der Waals surface area contributed by atoms with Crippen molar-refractivity contribution in [3.63, 3.8) is 0 Å². The predicted molar refractivity (Wildman–Crippen MR) is 116 cm³/mol. The molecular weight excluding hydrogens is 387 g/mol. The lowest BCUT2D eigenvalue weighted by atomic mass is 10.1. The second kappa shape index (κ2) is 11.6. The summed E-state index contributed by atoms with van der Waals surface area (Å²) in [5, 5.41) is 2.85. The largest absolute Gasteiger partial charge is 0.354 e. The van der Waals surface area contributed by atoms with Crippen LogP contribution in [0, 0.1) is 12.7 Å². The fourth-order valence-electron chi connectivity index (χ4n) is 2.80. The molecule has 4 nitrogen and oxygen atoms in total. The number of benzene rings is 2. The lowest BCUT2D eigenvalue weighted by Gasteiger charge is -2.29. The Bertz CT molecular complexity index is 794. The molecule has 0 saturated carbocycles. The van der Waals surface area contributed by atoms with Crippen LogP contribution in [0.5, 0.6) is 0 Å². The molecule has 0 fully saturated rings. The number of hydrogen-bond donors (Lipinski definition) is 1. The highest BCUT2D eigenvalue weighted by atomic mass is 32.2. The predicted octanol–water partition coefficient (Wildman–Crippen LogP) is 4.56. The zero-order valence-electron chi connectivity index (χ0n) is 17.3. The Morgan fingerprint density at radius 3 is 2.38 bits per heavy atom. The summed E-state index contributed by atoms with van der Waals surface area (Å²) in [6.07, 6.45) is 1.16. The van der Waals surface area contributed by atoms with Crippen molar-refractivity contribution in [1.82, 2.24) is 10.2 Å². The van der Waals surface area contributed by atoms with Crippen LogP contribution in [0.15, 0.2) is 53.4 Å². The van der Waals surface area contributed by atoms with E-state index in [2.05, 4.69) is 5.32 Å². The van der Waals surface area contributed by atoms with Gasteiger partial charge in [0.2, 0.25) is 11.8 Å². The quantitative estimate of drug-likeness (QED) is 0.578. The number of rotatable bonds is 10. The van der Waals surface area contributed by atoms with E-state index in [-0.39, 0.29) is 24.2 Å². The van der Waals surface area contributed by atoms with Crippen LogP contribution in [0.4, 0.5) is 4.39 Å². The molecule has 0 radical (unpaired) electrons. The SMILES string of the molecule is CCCNC(=O)C(C)N(Cc1ccc(F)cc1)C(=O)CCSc1ccc(C)cc1. The third-order valence-electron chi connectivity index (χ3n) is 4.59. The summed E-state index contributed by atoms with van der Waals surface area (Å²) in [5.74, 6) is 0.0434. The van der Waals surface area contributed by atoms with Crippen LogP contribution >= 0.6 is 11.8 Å². The first-order valence-corrected chi connectivity index (χ1v) is 10.9. The van der Waals surface area contributed by atoms with Gasteiger partial charge in [-0.2, -0.15) is 0 Å². The Hall–Kier alpha value is -2.34. The maximum atomic E-state index is 13.2. The normalized spacial score (nSPS) is 11.7. The summed E-state index contributed by atoms with van der Waals surface area (Å²) in [6, 6.07) is 13.6. The van der Waals surface area contributed by atoms with Crippen LogP contribution in [0.25, 0.3) is 0 Å². The second-order valence-electron chi connectivity index (χ2n) is 7.03. The lowest BCUT2D eigenvalue weighted by molar-refractivity contribution is -0.140. The molecule has 1 N–H and O–H groups in total. The highest BCUT2D eigenvalue weighted by Crippen LogP contribution is 2.20. The summed E-state index contributed by atoms with van der Waals surface area (Å²) in [6.45, 7) is 6.60. The van der Waals surface area contributed by atoms with E-state index in [0.29, 0.717) is 18.7 Å². The van der Waals surface area contributed by atoms with Crippen LogP contribution in [-0.4, -0.2) is 35.1 Å². The first kappa shape index (κ1) is 22.9. The molecule has 0 spiro atoms. The van der Waals surface area contributed by atoms with Gasteiger partial charge in [-0.15, -0.1) is 11.8 Å². The molecular formula is C23H29FN2O2S. The van der Waals surface area contributed by atoms with Gasteiger partial charge < -0.3 is 10.2 Å². The van der Waals surface area contributed by atoms with Gasteiger partial charge in [-0.1, -0.05) is 36.8 Å². The smallest absolute Gasteiger partial charge is 0.242 e. The summed E-state index contributed by atoms with van der Waals surface area (Å²) < 4.78 is 13.2. The van der Waals surface area contributed by atoms with Crippen molar-refractivity contribution in [2.75, 3.05) is 12.3 Å². The van der Waals surface area contributed by atoms with E-state index >= 15 is 0 Å². The minimum atomic E-state index is -0.594. The minimum Gasteiger partial charge on any atom is -0.354 e. The number of nitrogens with one attached hydrogen (secondary N) is 1. The van der Waals surface area contributed by atoms with E-state index in [0.717, 1.165) is 16.9 Å². The highest BCUT2D eigenvalue weighted by Gasteiger charge is 2.25. The van der Waals surface area contributed by atoms with E-state index in [1.165, 1.54) is 17.7 Å². The third kappa shape index (κ3) is 7.54. The van der Waals surface area contributed by atoms with Crippen LogP contribution < -0.4 is 5.32 Å². The number of nitrogens with zero attached hydrogens (tertiary/aromatic N) is 1. The molecule has 2 rings (SSSR count). The molecule has 0 saturated heterocycles. The minimum absolute atomic E-state index is 0.0897. The van der Waals surface area contributed by atoms with Gasteiger partial charge in [0.05, 0.1) is 0 Å². The van der Waals surface area contributed by atoms with Gasteiger partial charge in [0, 0.05) is 30.2 Å². The van der Waals surface area contributed by atoms with Crippen molar-refractivity contribution in [2.24, 2.45) is 0 Å². The topological polar surface area (TPSA) is 49.4 Å². The zero-order valence-corrected chi connectivity index (χ0v) is 18.1. The molecule has 156 valence electrons. The summed E-state index contributed by atoms with van der Waals surface area (Å²) in [4.78, 5) is 28.1. The van der Waals surface area contributed by atoms with Crippen molar-refractivity contribution in [2.45, 2.75) is 51.1 Å². The van der Waals surface area contributed by atoms with Gasteiger partial charge in [0.1, 0.15) is 11.9 Å². The first-order chi connectivity index (χ1) is 13.9. The van der Waals surface area contributed by atoms with Gasteiger partial charge in [0.15, 0.2) is 0 Å². The van der Waals surface area contributed by atoms with Gasteiger partial charge in [-0.05, 0) is 50.1 Å². The Kier molecular flexibility index (Phi) is 9.19. The Labute approximate surface area is 176 Å². The van der Waals surface area contributed by atoms with Gasteiger partial charge in [-0.3, -0.25) is 9.59 Å². The summed E-state index contributed by atoms with van der Waals surface area (Å²) >= 11 is 1.62. The van der Waals surface area contributed by atoms with Crippen LogP contribution in [0.1, 0.15) is 37.8 Å². The van der Waals surface area contributed by atoms with Crippen LogP contribution in [0.3, 0.4) is 0 Å². The van der Waals surface area contributed by atoms with Crippen molar-refractivity contribution in [3.8, 4) is 0 Å². The molecule has 1 unspecified atom stereocenters. The molecule has 0 aliphatic heterocycles. The zero-order chi connectivity index (χ0) is 21.2.